The average Bonchev–Trinajstić information content (AvgIpc) is 2.53. The lowest BCUT2D eigenvalue weighted by atomic mass is 10.4. The smallest absolute Gasteiger partial charge is 0.0764 e. The highest BCUT2D eigenvalue weighted by Gasteiger charge is 2.04. The van der Waals surface area contributed by atoms with Crippen LogP contribution in [0.4, 0.5) is 0 Å². The molecule has 0 saturated heterocycles. The van der Waals surface area contributed by atoms with Gasteiger partial charge in [-0.25, -0.2) is 0 Å². The second-order valence-electron chi connectivity index (χ2n) is 3.81. The van der Waals surface area contributed by atoms with Crippen LogP contribution in [0.1, 0.15) is 25.6 Å². The Morgan fingerprint density at radius 3 is 2.79 bits per heavy atom. The topological polar surface area (TPSA) is 21.1 Å². The Morgan fingerprint density at radius 1 is 1.57 bits per heavy atom. The van der Waals surface area contributed by atoms with Gasteiger partial charge in [-0.2, -0.15) is 5.10 Å². The molecule has 1 aromatic rings. The van der Waals surface area contributed by atoms with Crippen LogP contribution in [-0.4, -0.2) is 34.2 Å². The molecule has 0 radical (unpaired) electrons. The van der Waals surface area contributed by atoms with E-state index in [0.29, 0.717) is 11.9 Å². The zero-order chi connectivity index (χ0) is 10.6. The fourth-order valence-electron chi connectivity index (χ4n) is 1.25. The molecule has 0 bridgehead atoms. The van der Waals surface area contributed by atoms with E-state index < -0.39 is 0 Å². The average molecular weight is 216 g/mol. The zero-order valence-corrected chi connectivity index (χ0v) is 9.83. The minimum Gasteiger partial charge on any atom is -0.299 e. The van der Waals surface area contributed by atoms with Crippen molar-refractivity contribution in [2.75, 3.05) is 19.5 Å². The zero-order valence-electron chi connectivity index (χ0n) is 9.07. The van der Waals surface area contributed by atoms with Crippen LogP contribution in [0, 0.1) is 0 Å². The van der Waals surface area contributed by atoms with E-state index >= 15 is 0 Å². The molecule has 0 spiro atoms. The van der Waals surface area contributed by atoms with Gasteiger partial charge in [0.2, 0.25) is 0 Å². The van der Waals surface area contributed by atoms with Crippen LogP contribution < -0.4 is 0 Å². The SMILES string of the molecule is CC(C)n1ccc(CN(C)CCCl)n1. The highest BCUT2D eigenvalue weighted by Crippen LogP contribution is 2.05. The summed E-state index contributed by atoms with van der Waals surface area (Å²) in [7, 11) is 2.05. The molecule has 0 aliphatic rings. The molecule has 80 valence electrons. The standard InChI is InChI=1S/C10H18ClN3/c1-9(2)14-6-4-10(12-14)8-13(3)7-5-11/h4,6,9H,5,7-8H2,1-3H3. The number of rotatable bonds is 5. The summed E-state index contributed by atoms with van der Waals surface area (Å²) in [5.74, 6) is 0.668. The summed E-state index contributed by atoms with van der Waals surface area (Å²) >= 11 is 5.65. The second kappa shape index (κ2) is 5.37. The van der Waals surface area contributed by atoms with Crippen molar-refractivity contribution >= 4 is 11.6 Å². The number of aromatic nitrogens is 2. The molecule has 0 atom stereocenters. The van der Waals surface area contributed by atoms with Gasteiger partial charge in [0.05, 0.1) is 5.69 Å². The van der Waals surface area contributed by atoms with Gasteiger partial charge in [-0.15, -0.1) is 11.6 Å². The monoisotopic (exact) mass is 215 g/mol. The number of nitrogens with zero attached hydrogens (tertiary/aromatic N) is 3. The second-order valence-corrected chi connectivity index (χ2v) is 4.19. The molecule has 0 N–H and O–H groups in total. The van der Waals surface area contributed by atoms with Crippen molar-refractivity contribution in [2.24, 2.45) is 0 Å². The van der Waals surface area contributed by atoms with Gasteiger partial charge in [-0.05, 0) is 27.0 Å². The Balaban J connectivity index is 2.51. The van der Waals surface area contributed by atoms with Gasteiger partial charge < -0.3 is 0 Å². The molecule has 0 amide bonds. The van der Waals surface area contributed by atoms with Crippen molar-refractivity contribution in [3.8, 4) is 0 Å². The van der Waals surface area contributed by atoms with Gasteiger partial charge >= 0.3 is 0 Å². The van der Waals surface area contributed by atoms with Crippen molar-refractivity contribution < 1.29 is 0 Å². The van der Waals surface area contributed by atoms with Crippen LogP contribution in [-0.2, 0) is 6.54 Å². The molecule has 0 saturated carbocycles. The first-order valence-electron chi connectivity index (χ1n) is 4.92. The van der Waals surface area contributed by atoms with E-state index in [1.165, 1.54) is 0 Å². The molecule has 0 fully saturated rings. The maximum Gasteiger partial charge on any atom is 0.0764 e. The summed E-state index contributed by atoms with van der Waals surface area (Å²) < 4.78 is 1.98. The Bertz CT molecular complexity index is 270. The quantitative estimate of drug-likeness (QED) is 0.702. The van der Waals surface area contributed by atoms with E-state index in [2.05, 4.69) is 37.0 Å². The summed E-state index contributed by atoms with van der Waals surface area (Å²) in [5, 5.41) is 4.46. The highest BCUT2D eigenvalue weighted by atomic mass is 35.5. The number of alkyl halides is 1. The lowest BCUT2D eigenvalue weighted by Gasteiger charge is -2.12. The van der Waals surface area contributed by atoms with Gasteiger partial charge in [0.1, 0.15) is 0 Å². The third kappa shape index (κ3) is 3.31. The molecule has 0 unspecified atom stereocenters. The van der Waals surface area contributed by atoms with Crippen molar-refractivity contribution in [1.29, 1.82) is 0 Å². The Morgan fingerprint density at radius 2 is 2.29 bits per heavy atom. The van der Waals surface area contributed by atoms with Gasteiger partial charge in [0.15, 0.2) is 0 Å². The molecule has 1 heterocycles. The minimum absolute atomic E-state index is 0.432. The first-order chi connectivity index (χ1) is 6.63. The predicted molar refractivity (Wildman–Crippen MR) is 59.7 cm³/mol. The molecule has 4 heteroatoms. The lowest BCUT2D eigenvalue weighted by molar-refractivity contribution is 0.340. The molecular weight excluding hydrogens is 198 g/mol. The number of hydrogen-bond donors (Lipinski definition) is 0. The largest absolute Gasteiger partial charge is 0.299 e. The van der Waals surface area contributed by atoms with Gasteiger partial charge in [-0.1, -0.05) is 0 Å². The molecule has 1 aromatic heterocycles. The van der Waals surface area contributed by atoms with Crippen molar-refractivity contribution in [2.45, 2.75) is 26.4 Å². The molecule has 1 rings (SSSR count). The molecular formula is C10H18ClN3. The van der Waals surface area contributed by atoms with E-state index in [4.69, 9.17) is 11.6 Å². The maximum absolute atomic E-state index is 5.65. The Hall–Kier alpha value is -0.540. The summed E-state index contributed by atoms with van der Waals surface area (Å²) in [4.78, 5) is 2.17. The fraction of sp³-hybridized carbons (Fsp3) is 0.700. The van der Waals surface area contributed by atoms with Crippen LogP contribution in [0.15, 0.2) is 12.3 Å². The minimum atomic E-state index is 0.432. The van der Waals surface area contributed by atoms with Crippen LogP contribution in [0.3, 0.4) is 0 Å². The summed E-state index contributed by atoms with van der Waals surface area (Å²) in [6.07, 6.45) is 2.02. The van der Waals surface area contributed by atoms with E-state index in [0.717, 1.165) is 18.8 Å². The van der Waals surface area contributed by atoms with Crippen LogP contribution in [0.5, 0.6) is 0 Å². The van der Waals surface area contributed by atoms with Gasteiger partial charge in [0.25, 0.3) is 0 Å². The van der Waals surface area contributed by atoms with Crippen molar-refractivity contribution in [1.82, 2.24) is 14.7 Å². The Labute approximate surface area is 90.7 Å². The summed E-state index contributed by atoms with van der Waals surface area (Å²) in [5.41, 5.74) is 1.10. The molecule has 14 heavy (non-hydrogen) atoms. The normalized spacial score (nSPS) is 11.6. The third-order valence-electron chi connectivity index (χ3n) is 2.09. The van der Waals surface area contributed by atoms with Crippen LogP contribution in [0.25, 0.3) is 0 Å². The highest BCUT2D eigenvalue weighted by molar-refractivity contribution is 6.18. The lowest BCUT2D eigenvalue weighted by Crippen LogP contribution is -2.20. The van der Waals surface area contributed by atoms with E-state index in [1.54, 1.807) is 0 Å². The molecule has 3 nitrogen and oxygen atoms in total. The van der Waals surface area contributed by atoms with Gasteiger partial charge in [0, 0.05) is 31.2 Å². The predicted octanol–water partition coefficient (Wildman–Crippen LogP) is 2.13. The van der Waals surface area contributed by atoms with E-state index in [1.807, 2.05) is 10.9 Å². The molecule has 0 aliphatic carbocycles. The first kappa shape index (κ1) is 11.5. The van der Waals surface area contributed by atoms with Crippen molar-refractivity contribution in [3.05, 3.63) is 18.0 Å². The van der Waals surface area contributed by atoms with E-state index in [-0.39, 0.29) is 0 Å². The third-order valence-corrected chi connectivity index (χ3v) is 2.26. The number of halogens is 1. The molecule has 0 aromatic carbocycles. The van der Waals surface area contributed by atoms with Crippen molar-refractivity contribution in [3.63, 3.8) is 0 Å². The number of hydrogen-bond acceptors (Lipinski definition) is 2. The maximum atomic E-state index is 5.65. The first-order valence-corrected chi connectivity index (χ1v) is 5.45. The van der Waals surface area contributed by atoms with Gasteiger partial charge in [-0.3, -0.25) is 9.58 Å². The molecule has 0 aliphatic heterocycles. The fourth-order valence-corrected chi connectivity index (χ4v) is 1.54. The van der Waals surface area contributed by atoms with Crippen LogP contribution in [0.2, 0.25) is 0 Å². The van der Waals surface area contributed by atoms with E-state index in [9.17, 15) is 0 Å². The summed E-state index contributed by atoms with van der Waals surface area (Å²) in [6.45, 7) is 6.01. The Kier molecular flexibility index (Phi) is 4.42. The summed E-state index contributed by atoms with van der Waals surface area (Å²) in [6, 6.07) is 2.49. The van der Waals surface area contributed by atoms with Crippen LogP contribution >= 0.6 is 11.6 Å².